The van der Waals surface area contributed by atoms with Gasteiger partial charge in [0.15, 0.2) is 5.82 Å². The lowest BCUT2D eigenvalue weighted by Crippen LogP contribution is -2.39. The fraction of sp³-hybridized carbons (Fsp3) is 0.211. The van der Waals surface area contributed by atoms with Gasteiger partial charge in [0.1, 0.15) is 11.8 Å². The van der Waals surface area contributed by atoms with Gasteiger partial charge in [-0.1, -0.05) is 0 Å². The van der Waals surface area contributed by atoms with Crippen LogP contribution in [0.1, 0.15) is 11.1 Å². The highest BCUT2D eigenvalue weighted by molar-refractivity contribution is 7.07. The Morgan fingerprint density at radius 1 is 1.31 bits per heavy atom. The predicted octanol–water partition coefficient (Wildman–Crippen LogP) is 4.27. The maximum atomic E-state index is 13.3. The fourth-order valence-electron chi connectivity index (χ4n) is 3.26. The predicted molar refractivity (Wildman–Crippen MR) is 103 cm³/mol. The van der Waals surface area contributed by atoms with Gasteiger partial charge in [0.25, 0.3) is 5.91 Å². The topological polar surface area (TPSA) is 67.3 Å². The summed E-state index contributed by atoms with van der Waals surface area (Å²) in [4.78, 5) is 22.9. The highest BCUT2D eigenvalue weighted by Crippen LogP contribution is 2.42. The van der Waals surface area contributed by atoms with Gasteiger partial charge >= 0.3 is 6.18 Å². The maximum absolute atomic E-state index is 13.3. The lowest BCUT2D eigenvalue weighted by molar-refractivity contribution is -0.138. The molecule has 1 unspecified atom stereocenters. The van der Waals surface area contributed by atoms with Gasteiger partial charge in [-0.25, -0.2) is 4.98 Å². The molecule has 1 amide bonds. The van der Waals surface area contributed by atoms with Crippen molar-refractivity contribution in [3.63, 3.8) is 0 Å². The number of aromatic nitrogens is 2. The molecule has 1 N–H and O–H groups in total. The second kappa shape index (κ2) is 7.36. The van der Waals surface area contributed by atoms with Crippen molar-refractivity contribution < 1.29 is 22.7 Å². The maximum Gasteiger partial charge on any atom is 0.420 e. The standard InChI is InChI=1S/C19H15F3N4O2S/c1-28-16-7-11-6-15(25-14(11)8-13(16)19(20,21)22)18(27)26(17-9-29-10-24-17)12-2-4-23-5-3-12/h2-5,7-10,15,25H,6H2,1H3. The first-order chi connectivity index (χ1) is 13.9. The van der Waals surface area contributed by atoms with Gasteiger partial charge in [0, 0.05) is 29.9 Å². The summed E-state index contributed by atoms with van der Waals surface area (Å²) in [7, 11) is 1.19. The number of carbonyl (C=O) groups is 1. The van der Waals surface area contributed by atoms with Crippen LogP contribution in [0.25, 0.3) is 0 Å². The van der Waals surface area contributed by atoms with E-state index in [0.717, 1.165) is 6.07 Å². The van der Waals surface area contributed by atoms with Crippen LogP contribution in [0, 0.1) is 0 Å². The molecule has 150 valence electrons. The molecule has 0 spiro atoms. The van der Waals surface area contributed by atoms with E-state index in [9.17, 15) is 18.0 Å². The highest BCUT2D eigenvalue weighted by atomic mass is 32.1. The van der Waals surface area contributed by atoms with Gasteiger partial charge in [0.2, 0.25) is 0 Å². The zero-order valence-corrected chi connectivity index (χ0v) is 15.9. The second-order valence-electron chi connectivity index (χ2n) is 6.33. The number of hydrogen-bond acceptors (Lipinski definition) is 6. The number of nitrogens with one attached hydrogen (secondary N) is 1. The molecule has 0 radical (unpaired) electrons. The molecule has 10 heteroatoms. The molecule has 3 heterocycles. The minimum atomic E-state index is -4.56. The van der Waals surface area contributed by atoms with Gasteiger partial charge < -0.3 is 10.1 Å². The fourth-order valence-corrected chi connectivity index (χ4v) is 3.78. The van der Waals surface area contributed by atoms with Crippen molar-refractivity contribution in [1.29, 1.82) is 0 Å². The Kier molecular flexibility index (Phi) is 4.87. The third kappa shape index (κ3) is 3.63. The molecule has 4 rings (SSSR count). The summed E-state index contributed by atoms with van der Waals surface area (Å²) < 4.78 is 44.8. The Hall–Kier alpha value is -3.14. The van der Waals surface area contributed by atoms with Crippen LogP contribution in [0.3, 0.4) is 0 Å². The number of rotatable bonds is 4. The largest absolute Gasteiger partial charge is 0.496 e. The van der Waals surface area contributed by atoms with Gasteiger partial charge in [-0.05, 0) is 29.8 Å². The van der Waals surface area contributed by atoms with Crippen LogP contribution in [0.5, 0.6) is 5.75 Å². The molecule has 1 aliphatic rings. The molecule has 3 aromatic rings. The van der Waals surface area contributed by atoms with Gasteiger partial charge in [-0.2, -0.15) is 13.2 Å². The molecule has 0 saturated heterocycles. The second-order valence-corrected chi connectivity index (χ2v) is 7.05. The van der Waals surface area contributed by atoms with Crippen molar-refractivity contribution in [2.24, 2.45) is 0 Å². The number of fused-ring (bicyclic) bond motifs is 1. The zero-order chi connectivity index (χ0) is 20.6. The number of methoxy groups -OCH3 is 1. The molecule has 2 aromatic heterocycles. The van der Waals surface area contributed by atoms with Crippen LogP contribution in [-0.4, -0.2) is 29.0 Å². The SMILES string of the molecule is COc1cc2c(cc1C(F)(F)F)NC(C(=O)N(c1ccncc1)c1cscn1)C2. The van der Waals surface area contributed by atoms with E-state index in [1.165, 1.54) is 29.4 Å². The van der Waals surface area contributed by atoms with E-state index >= 15 is 0 Å². The van der Waals surface area contributed by atoms with Crippen LogP contribution < -0.4 is 15.0 Å². The molecular formula is C19H15F3N4O2S. The normalized spacial score (nSPS) is 15.5. The average Bonchev–Trinajstić information content (AvgIpc) is 3.36. The number of hydrogen-bond donors (Lipinski definition) is 1. The van der Waals surface area contributed by atoms with Gasteiger partial charge in [0.05, 0.1) is 23.9 Å². The van der Waals surface area contributed by atoms with E-state index in [1.807, 2.05) is 0 Å². The monoisotopic (exact) mass is 420 g/mol. The number of benzene rings is 1. The first kappa shape index (κ1) is 19.2. The number of pyridine rings is 1. The van der Waals surface area contributed by atoms with Crippen molar-refractivity contribution in [2.75, 3.05) is 17.3 Å². The lowest BCUT2D eigenvalue weighted by atomic mass is 10.1. The molecule has 0 aliphatic carbocycles. The molecule has 0 fully saturated rings. The lowest BCUT2D eigenvalue weighted by Gasteiger charge is -2.24. The van der Waals surface area contributed by atoms with E-state index in [0.29, 0.717) is 17.1 Å². The Morgan fingerprint density at radius 3 is 2.69 bits per heavy atom. The summed E-state index contributed by atoms with van der Waals surface area (Å²) in [5.74, 6) is -0.153. The number of ether oxygens (including phenoxy) is 1. The Morgan fingerprint density at radius 2 is 2.07 bits per heavy atom. The number of thiazole rings is 1. The number of carbonyl (C=O) groups excluding carboxylic acids is 1. The molecule has 1 aromatic carbocycles. The van der Waals surface area contributed by atoms with E-state index in [1.54, 1.807) is 35.4 Å². The quantitative estimate of drug-likeness (QED) is 0.683. The first-order valence-electron chi connectivity index (χ1n) is 8.55. The summed E-state index contributed by atoms with van der Waals surface area (Å²) in [5, 5.41) is 4.65. The van der Waals surface area contributed by atoms with Crippen molar-refractivity contribution in [3.05, 3.63) is 58.7 Å². The average molecular weight is 420 g/mol. The molecular weight excluding hydrogens is 405 g/mol. The van der Waals surface area contributed by atoms with Crippen LogP contribution in [-0.2, 0) is 17.4 Å². The molecule has 6 nitrogen and oxygen atoms in total. The molecule has 0 bridgehead atoms. The summed E-state index contributed by atoms with van der Waals surface area (Å²) in [6.07, 6.45) is -1.22. The minimum absolute atomic E-state index is 0.231. The number of alkyl halides is 3. The third-order valence-electron chi connectivity index (χ3n) is 4.57. The number of amides is 1. The minimum Gasteiger partial charge on any atom is -0.496 e. The van der Waals surface area contributed by atoms with Crippen molar-refractivity contribution in [3.8, 4) is 5.75 Å². The van der Waals surface area contributed by atoms with Crippen LogP contribution >= 0.6 is 11.3 Å². The van der Waals surface area contributed by atoms with E-state index < -0.39 is 17.8 Å². The van der Waals surface area contributed by atoms with Crippen molar-refractivity contribution in [1.82, 2.24) is 9.97 Å². The molecule has 0 saturated carbocycles. The van der Waals surface area contributed by atoms with Crippen molar-refractivity contribution in [2.45, 2.75) is 18.6 Å². The van der Waals surface area contributed by atoms with Crippen molar-refractivity contribution >= 4 is 34.4 Å². The summed E-state index contributed by atoms with van der Waals surface area (Å²) in [5.41, 5.74) is 2.14. The van der Waals surface area contributed by atoms with Crippen LogP contribution in [0.2, 0.25) is 0 Å². The smallest absolute Gasteiger partial charge is 0.420 e. The van der Waals surface area contributed by atoms with E-state index in [2.05, 4.69) is 15.3 Å². The number of nitrogens with zero attached hydrogens (tertiary/aromatic N) is 3. The third-order valence-corrected chi connectivity index (χ3v) is 5.15. The first-order valence-corrected chi connectivity index (χ1v) is 9.49. The summed E-state index contributed by atoms with van der Waals surface area (Å²) >= 11 is 1.34. The molecule has 1 atom stereocenters. The van der Waals surface area contributed by atoms with Gasteiger partial charge in [-0.3, -0.25) is 14.7 Å². The zero-order valence-electron chi connectivity index (χ0n) is 15.1. The number of anilines is 3. The molecule has 29 heavy (non-hydrogen) atoms. The Bertz CT molecular complexity index is 1030. The summed E-state index contributed by atoms with van der Waals surface area (Å²) in [6.45, 7) is 0. The van der Waals surface area contributed by atoms with Crippen LogP contribution in [0.15, 0.2) is 47.5 Å². The van der Waals surface area contributed by atoms with Gasteiger partial charge in [-0.15, -0.1) is 11.3 Å². The Balaban J connectivity index is 1.67. The van der Waals surface area contributed by atoms with E-state index in [-0.39, 0.29) is 23.8 Å². The molecule has 1 aliphatic heterocycles. The van der Waals surface area contributed by atoms with Crippen LogP contribution in [0.4, 0.5) is 30.4 Å². The van der Waals surface area contributed by atoms with E-state index in [4.69, 9.17) is 4.74 Å². The Labute approximate surface area is 168 Å². The number of halogens is 3. The highest BCUT2D eigenvalue weighted by Gasteiger charge is 2.38. The summed E-state index contributed by atoms with van der Waals surface area (Å²) in [6, 6.07) is 4.92.